The highest BCUT2D eigenvalue weighted by Crippen LogP contribution is 2.76. The molecule has 3 aliphatic heterocycles. The number of aliphatic hydroxyl groups excluding tert-OH is 2. The van der Waals surface area contributed by atoms with Crippen LogP contribution in [-0.2, 0) is 14.3 Å². The Morgan fingerprint density at radius 2 is 1.75 bits per heavy atom. The van der Waals surface area contributed by atoms with Crippen molar-refractivity contribution in [3.8, 4) is 0 Å². The molecular weight excluding hydrogens is 693 g/mol. The maximum Gasteiger partial charge on any atom is 0.162 e. The minimum Gasteiger partial charge on any atom is -0.396 e. The number of quaternary nitrogens is 1. The highest BCUT2D eigenvalue weighted by molar-refractivity contribution is 6.00. The summed E-state index contributed by atoms with van der Waals surface area (Å²) in [6, 6.07) is 0. The average Bonchev–Trinajstić information content (AvgIpc) is 3.96. The number of piperidine rings is 1. The number of nitrogens with two attached hydrogens (primary N) is 2. The monoisotopic (exact) mass is 768 g/mol. The predicted molar refractivity (Wildman–Crippen MR) is 209 cm³/mol. The molecule has 6 aliphatic carbocycles. The van der Waals surface area contributed by atoms with Gasteiger partial charge in [-0.2, -0.15) is 0 Å². The fourth-order valence-corrected chi connectivity index (χ4v) is 16.0. The van der Waals surface area contributed by atoms with Gasteiger partial charge < -0.3 is 35.2 Å². The first kappa shape index (κ1) is 39.5. The van der Waals surface area contributed by atoms with Crippen LogP contribution in [0.1, 0.15) is 150 Å². The number of epoxide rings is 1. The van der Waals surface area contributed by atoms with Crippen LogP contribution in [0.25, 0.3) is 0 Å². The van der Waals surface area contributed by atoms with E-state index in [1.54, 1.807) is 0 Å². The van der Waals surface area contributed by atoms with Crippen LogP contribution in [0.15, 0.2) is 11.1 Å². The molecule has 7 fully saturated rings. The molecule has 4 saturated carbocycles. The van der Waals surface area contributed by atoms with Crippen molar-refractivity contribution < 1.29 is 40.0 Å². The number of rotatable bonds is 9. The summed E-state index contributed by atoms with van der Waals surface area (Å²) in [4.78, 5) is 15.0. The summed E-state index contributed by atoms with van der Waals surface area (Å²) >= 11 is 0. The topological polar surface area (TPSA) is 162 Å². The summed E-state index contributed by atoms with van der Waals surface area (Å²) in [7, 11) is 0. The van der Waals surface area contributed by atoms with Gasteiger partial charge in [0.15, 0.2) is 5.78 Å². The molecule has 0 spiro atoms. The van der Waals surface area contributed by atoms with Gasteiger partial charge in [0.05, 0.1) is 30.5 Å². The summed E-state index contributed by atoms with van der Waals surface area (Å²) in [6.45, 7) is 10.1. The zero-order valence-electron chi connectivity index (χ0n) is 34.6. The normalized spacial score (nSPS) is 50.8. The van der Waals surface area contributed by atoms with E-state index in [4.69, 9.17) is 15.2 Å². The molecule has 0 radical (unpaired) electrons. The molecule has 16 atom stereocenters. The Hall–Kier alpha value is -0.910. The Balaban J connectivity index is 1.06. The molecule has 9 heteroatoms. The van der Waals surface area contributed by atoms with Gasteiger partial charge >= 0.3 is 0 Å². The Morgan fingerprint density at radius 1 is 0.964 bits per heavy atom. The molecule has 0 bridgehead atoms. The first-order valence-corrected chi connectivity index (χ1v) is 23.1. The van der Waals surface area contributed by atoms with Crippen LogP contribution in [0.4, 0.5) is 0 Å². The lowest BCUT2D eigenvalue weighted by Crippen LogP contribution is -2.94. The summed E-state index contributed by atoms with van der Waals surface area (Å²) in [5.74, 6) is 1.73. The second-order valence-electron chi connectivity index (χ2n) is 21.8. The standard InChI is InChI=1S/C46H74N2O7/c1-27-16-21-54-45(25-27,40-39(55-40)43(4,52)41(2,26-49)17-12-28-15-20-48-36(47)22-28)35-23-30-10-11-32-37-33(14-18-42(35,3)46(30,37)53)44(29-8-6-5-7-9-29)19-13-31(50)24-34(44)38(32)51/h27-31,33-36,39-40,48-50,52-53H,5-26,47H2,1-4H3/p+1/t27-,28?,30+,31+,33+,34+,35-,36?,39+,40-,41+,42-,43+,44-,45-,46-/m1/s1. The maximum absolute atomic E-state index is 15.0. The van der Waals surface area contributed by atoms with E-state index in [0.29, 0.717) is 37.2 Å². The fourth-order valence-electron chi connectivity index (χ4n) is 16.0. The molecule has 9 rings (SSSR count). The van der Waals surface area contributed by atoms with E-state index >= 15 is 0 Å². The molecule has 0 aromatic carbocycles. The Kier molecular flexibility index (Phi) is 9.94. The summed E-state index contributed by atoms with van der Waals surface area (Å²) < 4.78 is 14.0. The van der Waals surface area contributed by atoms with Crippen molar-refractivity contribution in [2.45, 2.75) is 191 Å². The third kappa shape index (κ3) is 5.62. The van der Waals surface area contributed by atoms with Crippen molar-refractivity contribution >= 4 is 5.78 Å². The SMILES string of the molecule is C[C@@H]1CCO[C@@]([C@@H]2O[C@@H]2[C@](C)(O)[C@](C)(CO)CCC2CC[NH2+]C(N)C2)([C@@H]2C[C@@H]3CCC4=C5[C@H](CC[C@@]2(C)[C@]53O)[C@]2(C3CCCCC3)CC[C@H](O)C[C@H]2C4=O)C1. The van der Waals surface area contributed by atoms with Crippen molar-refractivity contribution in [3.05, 3.63) is 11.1 Å². The van der Waals surface area contributed by atoms with Gasteiger partial charge in [-0.25, -0.2) is 0 Å². The largest absolute Gasteiger partial charge is 0.396 e. The van der Waals surface area contributed by atoms with Gasteiger partial charge in [0.25, 0.3) is 0 Å². The van der Waals surface area contributed by atoms with Crippen molar-refractivity contribution in [3.63, 3.8) is 0 Å². The van der Waals surface area contributed by atoms with Crippen LogP contribution in [0.5, 0.6) is 0 Å². The number of fused-ring (bicyclic) bond motifs is 2. The van der Waals surface area contributed by atoms with E-state index in [0.717, 1.165) is 108 Å². The zero-order chi connectivity index (χ0) is 38.8. The lowest BCUT2D eigenvalue weighted by molar-refractivity contribution is -0.699. The molecule has 3 saturated heterocycles. The van der Waals surface area contributed by atoms with Gasteiger partial charge in [-0.3, -0.25) is 10.5 Å². The van der Waals surface area contributed by atoms with Gasteiger partial charge in [0.2, 0.25) is 0 Å². The van der Waals surface area contributed by atoms with E-state index in [2.05, 4.69) is 19.2 Å². The van der Waals surface area contributed by atoms with E-state index in [1.807, 2.05) is 13.8 Å². The van der Waals surface area contributed by atoms with Crippen LogP contribution in [0, 0.1) is 57.7 Å². The molecule has 8 N–H and O–H groups in total. The minimum absolute atomic E-state index is 0.00310. The molecule has 9 aliphatic rings. The molecule has 0 aromatic rings. The number of hydrogen-bond acceptors (Lipinski definition) is 8. The van der Waals surface area contributed by atoms with Crippen molar-refractivity contribution in [1.29, 1.82) is 0 Å². The number of allylic oxidation sites excluding steroid dienone is 1. The summed E-state index contributed by atoms with van der Waals surface area (Å²) in [6.07, 6.45) is 16.8. The van der Waals surface area contributed by atoms with Crippen LogP contribution in [0.3, 0.4) is 0 Å². The highest BCUT2D eigenvalue weighted by atomic mass is 16.6. The van der Waals surface area contributed by atoms with Gasteiger partial charge in [-0.05, 0) is 155 Å². The molecule has 55 heavy (non-hydrogen) atoms. The van der Waals surface area contributed by atoms with Gasteiger partial charge in [0.1, 0.15) is 24.0 Å². The maximum atomic E-state index is 15.0. The molecule has 0 amide bonds. The quantitative estimate of drug-likeness (QED) is 0.181. The van der Waals surface area contributed by atoms with Gasteiger partial charge in [-0.15, -0.1) is 0 Å². The number of hydrogen-bond donors (Lipinski definition) is 6. The molecule has 0 aromatic heterocycles. The predicted octanol–water partition coefficient (Wildman–Crippen LogP) is 4.91. The molecule has 310 valence electrons. The highest BCUT2D eigenvalue weighted by Gasteiger charge is 2.78. The number of carbonyl (C=O) groups is 1. The van der Waals surface area contributed by atoms with Crippen molar-refractivity contribution in [2.24, 2.45) is 63.4 Å². The van der Waals surface area contributed by atoms with Crippen LogP contribution in [0.2, 0.25) is 0 Å². The summed E-state index contributed by atoms with van der Waals surface area (Å²) in [5.41, 5.74) is 3.85. The molecule has 9 nitrogen and oxygen atoms in total. The van der Waals surface area contributed by atoms with Gasteiger partial charge in [0, 0.05) is 29.8 Å². The molecular formula is C46H75N2O7+. The van der Waals surface area contributed by atoms with Crippen LogP contribution in [-0.4, -0.2) is 87.2 Å². The van der Waals surface area contributed by atoms with E-state index in [9.17, 15) is 25.2 Å². The van der Waals surface area contributed by atoms with Crippen molar-refractivity contribution in [2.75, 3.05) is 19.8 Å². The lowest BCUT2D eigenvalue weighted by Gasteiger charge is -2.66. The second kappa shape index (κ2) is 13.8. The summed E-state index contributed by atoms with van der Waals surface area (Å²) in [5, 5.41) is 50.7. The van der Waals surface area contributed by atoms with E-state index in [1.165, 1.54) is 19.3 Å². The number of ketones is 1. The minimum atomic E-state index is -1.29. The van der Waals surface area contributed by atoms with E-state index in [-0.39, 0.29) is 53.7 Å². The second-order valence-corrected chi connectivity index (χ2v) is 21.8. The van der Waals surface area contributed by atoms with Gasteiger partial charge in [-0.1, -0.05) is 40.0 Å². The third-order valence-electron chi connectivity index (χ3n) is 19.3. The first-order valence-electron chi connectivity index (χ1n) is 23.1. The number of aliphatic hydroxyl groups is 4. The Labute approximate surface area is 330 Å². The van der Waals surface area contributed by atoms with Crippen molar-refractivity contribution in [1.82, 2.24) is 0 Å². The number of Topliss-reactive ketones (excluding diaryl/α,β-unsaturated/α-hetero) is 1. The zero-order valence-corrected chi connectivity index (χ0v) is 34.6. The van der Waals surface area contributed by atoms with Crippen LogP contribution < -0.4 is 11.1 Å². The third-order valence-corrected chi connectivity index (χ3v) is 19.3. The first-order chi connectivity index (χ1) is 26.2. The smallest absolute Gasteiger partial charge is 0.162 e. The fraction of sp³-hybridized carbons (Fsp3) is 0.935. The van der Waals surface area contributed by atoms with E-state index < -0.39 is 39.8 Å². The number of ether oxygens (including phenoxy) is 2. The Morgan fingerprint density at radius 3 is 2.47 bits per heavy atom. The molecule has 3 heterocycles. The molecule has 2 unspecified atom stereocenters. The lowest BCUT2D eigenvalue weighted by atomic mass is 9.39. The Bertz CT molecular complexity index is 1530. The number of carbonyl (C=O) groups excluding carboxylic acids is 1. The average molecular weight is 768 g/mol. The van der Waals surface area contributed by atoms with Crippen LogP contribution >= 0.6 is 0 Å².